The van der Waals surface area contributed by atoms with Crippen LogP contribution in [0.5, 0.6) is 0 Å². The van der Waals surface area contributed by atoms with Crippen LogP contribution >= 0.6 is 0 Å². The Labute approximate surface area is 127 Å². The molecule has 4 heteroatoms. The molecule has 1 saturated heterocycles. The van der Waals surface area contributed by atoms with E-state index in [0.29, 0.717) is 18.4 Å². The van der Waals surface area contributed by atoms with Gasteiger partial charge in [-0.3, -0.25) is 4.79 Å². The lowest BCUT2D eigenvalue weighted by Gasteiger charge is -2.35. The summed E-state index contributed by atoms with van der Waals surface area (Å²) in [6, 6.07) is 8.10. The van der Waals surface area contributed by atoms with Crippen molar-refractivity contribution in [1.29, 1.82) is 0 Å². The van der Waals surface area contributed by atoms with Crippen LogP contribution in [0.1, 0.15) is 32.3 Å². The van der Waals surface area contributed by atoms with Crippen LogP contribution in [0.25, 0.3) is 0 Å². The monoisotopic (exact) mass is 289 g/mol. The van der Waals surface area contributed by atoms with Crippen molar-refractivity contribution < 1.29 is 4.79 Å². The standard InChI is InChI=1S/C17H27N3O/c1-13(2)20-9-3-4-15(12-20)11-19-17(21)10-14-5-7-16(18)8-6-14/h5-8,13,15H,3-4,9-12,18H2,1-2H3,(H,19,21). The van der Waals surface area contributed by atoms with Crippen molar-refractivity contribution in [3.63, 3.8) is 0 Å². The molecule has 4 nitrogen and oxygen atoms in total. The maximum absolute atomic E-state index is 12.0. The minimum absolute atomic E-state index is 0.0986. The molecule has 1 aromatic rings. The molecule has 1 unspecified atom stereocenters. The Morgan fingerprint density at radius 1 is 1.38 bits per heavy atom. The smallest absolute Gasteiger partial charge is 0.224 e. The van der Waals surface area contributed by atoms with Crippen LogP contribution in [0.3, 0.4) is 0 Å². The Balaban J connectivity index is 1.74. The molecule has 0 bridgehead atoms. The zero-order valence-electron chi connectivity index (χ0n) is 13.1. The molecule has 1 amide bonds. The first-order valence-corrected chi connectivity index (χ1v) is 7.89. The fraction of sp³-hybridized carbons (Fsp3) is 0.588. The second-order valence-electron chi connectivity index (χ2n) is 6.32. The van der Waals surface area contributed by atoms with Gasteiger partial charge in [0.15, 0.2) is 0 Å². The highest BCUT2D eigenvalue weighted by Gasteiger charge is 2.21. The number of rotatable bonds is 5. The molecule has 3 N–H and O–H groups in total. The van der Waals surface area contributed by atoms with Crippen molar-refractivity contribution in [2.75, 3.05) is 25.4 Å². The molecule has 0 aromatic heterocycles. The highest BCUT2D eigenvalue weighted by molar-refractivity contribution is 5.78. The van der Waals surface area contributed by atoms with Gasteiger partial charge in [-0.2, -0.15) is 0 Å². The number of carbonyl (C=O) groups excluding carboxylic acids is 1. The normalized spacial score (nSPS) is 19.7. The topological polar surface area (TPSA) is 58.4 Å². The van der Waals surface area contributed by atoms with Crippen molar-refractivity contribution in [2.45, 2.75) is 39.2 Å². The van der Waals surface area contributed by atoms with Crippen molar-refractivity contribution >= 4 is 11.6 Å². The summed E-state index contributed by atoms with van der Waals surface area (Å²) in [4.78, 5) is 14.5. The van der Waals surface area contributed by atoms with Crippen LogP contribution in [0.2, 0.25) is 0 Å². The minimum atomic E-state index is 0.0986. The Hall–Kier alpha value is -1.55. The quantitative estimate of drug-likeness (QED) is 0.816. The molecule has 2 rings (SSSR count). The first-order chi connectivity index (χ1) is 10.0. The maximum Gasteiger partial charge on any atom is 0.224 e. The van der Waals surface area contributed by atoms with E-state index in [2.05, 4.69) is 24.1 Å². The van der Waals surface area contributed by atoms with Crippen molar-refractivity contribution in [1.82, 2.24) is 10.2 Å². The van der Waals surface area contributed by atoms with Crippen molar-refractivity contribution in [3.05, 3.63) is 29.8 Å². The first-order valence-electron chi connectivity index (χ1n) is 7.89. The van der Waals surface area contributed by atoms with E-state index in [1.807, 2.05) is 24.3 Å². The summed E-state index contributed by atoms with van der Waals surface area (Å²) < 4.78 is 0. The number of piperidine rings is 1. The summed E-state index contributed by atoms with van der Waals surface area (Å²) in [5.74, 6) is 0.679. The molecule has 0 radical (unpaired) electrons. The highest BCUT2D eigenvalue weighted by Crippen LogP contribution is 2.17. The molecule has 21 heavy (non-hydrogen) atoms. The molecule has 0 spiro atoms. The largest absolute Gasteiger partial charge is 0.399 e. The number of nitrogens with zero attached hydrogens (tertiary/aromatic N) is 1. The number of nitrogens with one attached hydrogen (secondary N) is 1. The Kier molecular flexibility index (Phi) is 5.62. The molecule has 0 saturated carbocycles. The average molecular weight is 289 g/mol. The summed E-state index contributed by atoms with van der Waals surface area (Å²) >= 11 is 0. The van der Waals surface area contributed by atoms with Crippen molar-refractivity contribution in [3.8, 4) is 0 Å². The van der Waals surface area contributed by atoms with Crippen LogP contribution in [0, 0.1) is 5.92 Å². The van der Waals surface area contributed by atoms with Gasteiger partial charge in [0.05, 0.1) is 6.42 Å². The van der Waals surface area contributed by atoms with Crippen molar-refractivity contribution in [2.24, 2.45) is 5.92 Å². The third kappa shape index (κ3) is 5.05. The van der Waals surface area contributed by atoms with Crippen LogP contribution in [0.15, 0.2) is 24.3 Å². The summed E-state index contributed by atoms with van der Waals surface area (Å²) in [5, 5.41) is 3.08. The maximum atomic E-state index is 12.0. The van der Waals surface area contributed by atoms with E-state index in [1.54, 1.807) is 0 Å². The fourth-order valence-electron chi connectivity index (χ4n) is 2.87. The number of hydrogen-bond acceptors (Lipinski definition) is 3. The van der Waals surface area contributed by atoms with Gasteiger partial charge in [0.2, 0.25) is 5.91 Å². The molecular formula is C17H27N3O. The van der Waals surface area contributed by atoms with E-state index in [0.717, 1.165) is 24.3 Å². The third-order valence-corrected chi connectivity index (χ3v) is 4.21. The van der Waals surface area contributed by atoms with Gasteiger partial charge >= 0.3 is 0 Å². The van der Waals surface area contributed by atoms with Gasteiger partial charge in [0.1, 0.15) is 0 Å². The van der Waals surface area contributed by atoms with E-state index in [-0.39, 0.29) is 5.91 Å². The Morgan fingerprint density at radius 2 is 2.10 bits per heavy atom. The van der Waals surface area contributed by atoms with Crippen LogP contribution in [-0.4, -0.2) is 36.5 Å². The van der Waals surface area contributed by atoms with Gasteiger partial charge in [-0.1, -0.05) is 12.1 Å². The van der Waals surface area contributed by atoms with E-state index >= 15 is 0 Å². The molecule has 1 atom stereocenters. The van der Waals surface area contributed by atoms with E-state index < -0.39 is 0 Å². The molecule has 1 aliphatic heterocycles. The SMILES string of the molecule is CC(C)N1CCCC(CNC(=O)Cc2ccc(N)cc2)C1. The Bertz CT molecular complexity index is 456. The molecule has 1 aromatic carbocycles. The number of likely N-dealkylation sites (tertiary alicyclic amines) is 1. The lowest BCUT2D eigenvalue weighted by Crippen LogP contribution is -2.43. The Morgan fingerprint density at radius 3 is 2.76 bits per heavy atom. The number of nitrogen functional groups attached to an aromatic ring is 1. The first kappa shape index (κ1) is 15.8. The van der Waals surface area contributed by atoms with Crippen LogP contribution in [0.4, 0.5) is 5.69 Å². The van der Waals surface area contributed by atoms with Gasteiger partial charge in [0, 0.05) is 24.8 Å². The van der Waals surface area contributed by atoms with Gasteiger partial charge in [-0.15, -0.1) is 0 Å². The van der Waals surface area contributed by atoms with E-state index in [1.165, 1.54) is 19.4 Å². The number of carbonyl (C=O) groups is 1. The molecule has 1 aliphatic rings. The zero-order valence-corrected chi connectivity index (χ0v) is 13.1. The summed E-state index contributed by atoms with van der Waals surface area (Å²) in [5.41, 5.74) is 7.39. The van der Waals surface area contributed by atoms with Crippen LogP contribution < -0.4 is 11.1 Å². The molecule has 1 heterocycles. The van der Waals surface area contributed by atoms with Gasteiger partial charge in [-0.05, 0) is 56.8 Å². The molecule has 1 fully saturated rings. The summed E-state index contributed by atoms with van der Waals surface area (Å²) in [6.45, 7) is 7.55. The van der Waals surface area contributed by atoms with Crippen LogP contribution in [-0.2, 0) is 11.2 Å². The predicted molar refractivity (Wildman–Crippen MR) is 87.0 cm³/mol. The number of anilines is 1. The number of hydrogen-bond donors (Lipinski definition) is 2. The second-order valence-corrected chi connectivity index (χ2v) is 6.32. The average Bonchev–Trinajstić information content (AvgIpc) is 2.48. The number of benzene rings is 1. The van der Waals surface area contributed by atoms with Gasteiger partial charge < -0.3 is 16.0 Å². The predicted octanol–water partition coefficient (Wildman–Crippen LogP) is 2.05. The lowest BCUT2D eigenvalue weighted by molar-refractivity contribution is -0.120. The second kappa shape index (κ2) is 7.46. The molecule has 116 valence electrons. The highest BCUT2D eigenvalue weighted by atomic mass is 16.1. The third-order valence-electron chi connectivity index (χ3n) is 4.21. The summed E-state index contributed by atoms with van der Waals surface area (Å²) in [7, 11) is 0. The zero-order chi connectivity index (χ0) is 15.2. The van der Waals surface area contributed by atoms with E-state index in [4.69, 9.17) is 5.73 Å². The number of amides is 1. The fourth-order valence-corrected chi connectivity index (χ4v) is 2.87. The molecular weight excluding hydrogens is 262 g/mol. The summed E-state index contributed by atoms with van der Waals surface area (Å²) in [6.07, 6.45) is 2.88. The van der Waals surface area contributed by atoms with E-state index in [9.17, 15) is 4.79 Å². The molecule has 0 aliphatic carbocycles. The van der Waals surface area contributed by atoms with Gasteiger partial charge in [-0.25, -0.2) is 0 Å². The lowest BCUT2D eigenvalue weighted by atomic mass is 9.97. The number of nitrogens with two attached hydrogens (primary N) is 1. The van der Waals surface area contributed by atoms with Gasteiger partial charge in [0.25, 0.3) is 0 Å². The minimum Gasteiger partial charge on any atom is -0.399 e.